The molecule has 0 spiro atoms. The molecule has 0 saturated heterocycles. The average molecular weight is 320 g/mol. The van der Waals surface area contributed by atoms with Crippen LogP contribution in [0.25, 0.3) is 0 Å². The van der Waals surface area contributed by atoms with E-state index in [1.807, 2.05) is 18.2 Å². The van der Waals surface area contributed by atoms with Gasteiger partial charge in [0, 0.05) is 12.2 Å². The Balaban J connectivity index is 2.14. The standard InChI is InChI=1S/C14H11BrFN3/c15-13-10(7-17)3-6-12(14(13)16)19-8-9-1-4-11(18)5-2-9/h1-6,19H,8,18H2. The van der Waals surface area contributed by atoms with Gasteiger partial charge in [-0.1, -0.05) is 12.1 Å². The summed E-state index contributed by atoms with van der Waals surface area (Å²) in [7, 11) is 0. The van der Waals surface area contributed by atoms with Crippen molar-refractivity contribution in [3.8, 4) is 6.07 Å². The number of nitrogens with two attached hydrogens (primary N) is 1. The molecule has 0 unspecified atom stereocenters. The van der Waals surface area contributed by atoms with E-state index >= 15 is 0 Å². The molecular weight excluding hydrogens is 309 g/mol. The van der Waals surface area contributed by atoms with Crippen molar-refractivity contribution in [3.05, 3.63) is 57.8 Å². The second kappa shape index (κ2) is 5.72. The highest BCUT2D eigenvalue weighted by atomic mass is 79.9. The Bertz CT molecular complexity index is 632. The number of nitriles is 1. The van der Waals surface area contributed by atoms with Gasteiger partial charge in [-0.3, -0.25) is 0 Å². The number of nitrogens with zero attached hydrogens (tertiary/aromatic N) is 1. The Hall–Kier alpha value is -2.06. The van der Waals surface area contributed by atoms with E-state index in [1.165, 1.54) is 0 Å². The van der Waals surface area contributed by atoms with Crippen LogP contribution >= 0.6 is 15.9 Å². The molecule has 19 heavy (non-hydrogen) atoms. The van der Waals surface area contributed by atoms with Crippen LogP contribution in [0.1, 0.15) is 11.1 Å². The minimum absolute atomic E-state index is 0.178. The van der Waals surface area contributed by atoms with Gasteiger partial charge in [-0.25, -0.2) is 4.39 Å². The van der Waals surface area contributed by atoms with Crippen LogP contribution in [0.15, 0.2) is 40.9 Å². The first kappa shape index (κ1) is 13.4. The van der Waals surface area contributed by atoms with Gasteiger partial charge in [0.15, 0.2) is 5.82 Å². The van der Waals surface area contributed by atoms with Crippen molar-refractivity contribution < 1.29 is 4.39 Å². The largest absolute Gasteiger partial charge is 0.399 e. The molecule has 0 aliphatic rings. The quantitative estimate of drug-likeness (QED) is 0.849. The first-order chi connectivity index (χ1) is 9.11. The summed E-state index contributed by atoms with van der Waals surface area (Å²) in [6, 6.07) is 12.4. The molecule has 3 N–H and O–H groups in total. The van der Waals surface area contributed by atoms with Crippen LogP contribution in [0, 0.1) is 17.1 Å². The molecule has 0 aromatic heterocycles. The number of anilines is 2. The van der Waals surface area contributed by atoms with Crippen molar-refractivity contribution in [1.29, 1.82) is 5.26 Å². The van der Waals surface area contributed by atoms with Gasteiger partial charge in [0.1, 0.15) is 6.07 Å². The van der Waals surface area contributed by atoms with E-state index in [0.717, 1.165) is 5.56 Å². The number of hydrogen-bond acceptors (Lipinski definition) is 3. The lowest BCUT2D eigenvalue weighted by Gasteiger charge is -2.09. The van der Waals surface area contributed by atoms with Crippen molar-refractivity contribution in [2.75, 3.05) is 11.1 Å². The predicted octanol–water partition coefficient (Wildman–Crippen LogP) is 3.65. The third-order valence-corrected chi connectivity index (χ3v) is 3.44. The maximum atomic E-state index is 13.9. The van der Waals surface area contributed by atoms with E-state index in [-0.39, 0.29) is 10.0 Å². The first-order valence-corrected chi connectivity index (χ1v) is 6.37. The van der Waals surface area contributed by atoms with E-state index in [2.05, 4.69) is 21.2 Å². The van der Waals surface area contributed by atoms with Crippen LogP contribution in [-0.4, -0.2) is 0 Å². The molecule has 0 fully saturated rings. The van der Waals surface area contributed by atoms with E-state index in [0.29, 0.717) is 17.9 Å². The molecule has 5 heteroatoms. The molecule has 0 radical (unpaired) electrons. The molecule has 2 rings (SSSR count). The molecule has 0 bridgehead atoms. The van der Waals surface area contributed by atoms with Gasteiger partial charge in [0.05, 0.1) is 15.7 Å². The van der Waals surface area contributed by atoms with E-state index in [1.54, 1.807) is 24.3 Å². The molecule has 0 heterocycles. The SMILES string of the molecule is N#Cc1ccc(NCc2ccc(N)cc2)c(F)c1Br. The molecule has 0 saturated carbocycles. The highest BCUT2D eigenvalue weighted by molar-refractivity contribution is 9.10. The normalized spacial score (nSPS) is 9.95. The van der Waals surface area contributed by atoms with Crippen LogP contribution in [0.4, 0.5) is 15.8 Å². The summed E-state index contributed by atoms with van der Waals surface area (Å²) in [4.78, 5) is 0. The summed E-state index contributed by atoms with van der Waals surface area (Å²) in [5.74, 6) is -0.463. The Morgan fingerprint density at radius 2 is 1.89 bits per heavy atom. The zero-order valence-electron chi connectivity index (χ0n) is 9.95. The number of nitrogen functional groups attached to an aromatic ring is 1. The van der Waals surface area contributed by atoms with E-state index in [4.69, 9.17) is 11.0 Å². The van der Waals surface area contributed by atoms with Gasteiger partial charge in [-0.05, 0) is 45.8 Å². The van der Waals surface area contributed by atoms with Crippen molar-refractivity contribution in [2.45, 2.75) is 6.54 Å². The van der Waals surface area contributed by atoms with Crippen LogP contribution in [0.3, 0.4) is 0 Å². The summed E-state index contributed by atoms with van der Waals surface area (Å²) in [5.41, 5.74) is 7.90. The van der Waals surface area contributed by atoms with Gasteiger partial charge in [-0.2, -0.15) is 5.26 Å². The lowest BCUT2D eigenvalue weighted by molar-refractivity contribution is 0.623. The number of benzene rings is 2. The van der Waals surface area contributed by atoms with Gasteiger partial charge in [-0.15, -0.1) is 0 Å². The van der Waals surface area contributed by atoms with Crippen LogP contribution < -0.4 is 11.1 Å². The van der Waals surface area contributed by atoms with Gasteiger partial charge in [0.2, 0.25) is 0 Å². The molecular formula is C14H11BrFN3. The van der Waals surface area contributed by atoms with E-state index in [9.17, 15) is 4.39 Å². The smallest absolute Gasteiger partial charge is 0.161 e. The second-order valence-electron chi connectivity index (χ2n) is 4.00. The second-order valence-corrected chi connectivity index (χ2v) is 4.79. The molecule has 96 valence electrons. The molecule has 0 aliphatic heterocycles. The molecule has 2 aromatic rings. The Kier molecular flexibility index (Phi) is 4.03. The molecule has 0 amide bonds. The number of rotatable bonds is 3. The number of hydrogen-bond donors (Lipinski definition) is 2. The summed E-state index contributed by atoms with van der Waals surface area (Å²) in [5, 5.41) is 11.8. The van der Waals surface area contributed by atoms with Gasteiger partial charge < -0.3 is 11.1 Å². The summed E-state index contributed by atoms with van der Waals surface area (Å²) in [6.07, 6.45) is 0. The topological polar surface area (TPSA) is 61.8 Å². The first-order valence-electron chi connectivity index (χ1n) is 5.58. The van der Waals surface area contributed by atoms with Gasteiger partial charge >= 0.3 is 0 Å². The summed E-state index contributed by atoms with van der Waals surface area (Å²) in [6.45, 7) is 0.482. The van der Waals surface area contributed by atoms with Gasteiger partial charge in [0.25, 0.3) is 0 Å². The monoisotopic (exact) mass is 319 g/mol. The zero-order valence-corrected chi connectivity index (χ0v) is 11.5. The van der Waals surface area contributed by atoms with Crippen LogP contribution in [0.5, 0.6) is 0 Å². The minimum Gasteiger partial charge on any atom is -0.399 e. The Morgan fingerprint density at radius 1 is 1.21 bits per heavy atom. The fourth-order valence-corrected chi connectivity index (χ4v) is 2.04. The Morgan fingerprint density at radius 3 is 2.53 bits per heavy atom. The third kappa shape index (κ3) is 3.04. The van der Waals surface area contributed by atoms with Crippen molar-refractivity contribution >= 4 is 27.3 Å². The predicted molar refractivity (Wildman–Crippen MR) is 77.0 cm³/mol. The van der Waals surface area contributed by atoms with Crippen molar-refractivity contribution in [3.63, 3.8) is 0 Å². The maximum Gasteiger partial charge on any atom is 0.161 e. The lowest BCUT2D eigenvalue weighted by Crippen LogP contribution is -2.02. The minimum atomic E-state index is -0.463. The number of nitrogens with one attached hydrogen (secondary N) is 1. The fourth-order valence-electron chi connectivity index (χ4n) is 1.61. The highest BCUT2D eigenvalue weighted by Crippen LogP contribution is 2.26. The zero-order chi connectivity index (χ0) is 13.8. The molecule has 3 nitrogen and oxygen atoms in total. The fraction of sp³-hybridized carbons (Fsp3) is 0.0714. The van der Waals surface area contributed by atoms with Crippen molar-refractivity contribution in [1.82, 2.24) is 0 Å². The molecule has 0 aliphatic carbocycles. The van der Waals surface area contributed by atoms with Crippen LogP contribution in [-0.2, 0) is 6.54 Å². The molecule has 2 aromatic carbocycles. The average Bonchev–Trinajstić information content (AvgIpc) is 2.42. The number of halogens is 2. The highest BCUT2D eigenvalue weighted by Gasteiger charge is 2.10. The maximum absolute atomic E-state index is 13.9. The van der Waals surface area contributed by atoms with Crippen LogP contribution in [0.2, 0.25) is 0 Å². The Labute approximate surface area is 119 Å². The molecule has 0 atom stereocenters. The van der Waals surface area contributed by atoms with Crippen molar-refractivity contribution in [2.24, 2.45) is 0 Å². The third-order valence-electron chi connectivity index (χ3n) is 2.67. The summed E-state index contributed by atoms with van der Waals surface area (Å²) >= 11 is 3.07. The summed E-state index contributed by atoms with van der Waals surface area (Å²) < 4.78 is 14.1. The van der Waals surface area contributed by atoms with E-state index < -0.39 is 5.82 Å². The lowest BCUT2D eigenvalue weighted by atomic mass is 10.2.